The second-order valence-electron chi connectivity index (χ2n) is 3.19. The number of amides is 1. The highest BCUT2D eigenvalue weighted by molar-refractivity contribution is 5.94. The van der Waals surface area contributed by atoms with Gasteiger partial charge in [-0.05, 0) is 12.1 Å². The first-order chi connectivity index (χ1) is 6.66. The van der Waals surface area contributed by atoms with Gasteiger partial charge in [-0.1, -0.05) is 6.07 Å². The smallest absolute Gasteiger partial charge is 0.248 e. The van der Waals surface area contributed by atoms with Crippen LogP contribution in [0.4, 0.5) is 0 Å². The van der Waals surface area contributed by atoms with Gasteiger partial charge in [0.1, 0.15) is 12.4 Å². The third kappa shape index (κ3) is 1.46. The molecule has 1 amide bonds. The Morgan fingerprint density at radius 1 is 1.43 bits per heavy atom. The number of primary amides is 1. The van der Waals surface area contributed by atoms with Gasteiger partial charge in [-0.15, -0.1) is 0 Å². The van der Waals surface area contributed by atoms with E-state index in [2.05, 4.69) is 0 Å². The average molecular weight is 191 g/mol. The number of carbonyl (C=O) groups is 2. The van der Waals surface area contributed by atoms with E-state index in [0.29, 0.717) is 17.7 Å². The molecule has 0 saturated heterocycles. The van der Waals surface area contributed by atoms with Crippen molar-refractivity contribution in [1.29, 1.82) is 0 Å². The molecule has 14 heavy (non-hydrogen) atoms. The maximum Gasteiger partial charge on any atom is 0.248 e. The van der Waals surface area contributed by atoms with Gasteiger partial charge in [0.2, 0.25) is 5.91 Å². The quantitative estimate of drug-likeness (QED) is 0.693. The molecule has 1 aromatic rings. The lowest BCUT2D eigenvalue weighted by Gasteiger charge is -2.16. The summed E-state index contributed by atoms with van der Waals surface area (Å²) in [6.07, 6.45) is 0.369. The van der Waals surface area contributed by atoms with Gasteiger partial charge in [0.25, 0.3) is 0 Å². The Morgan fingerprint density at radius 3 is 2.93 bits per heavy atom. The first kappa shape index (κ1) is 8.74. The van der Waals surface area contributed by atoms with Crippen LogP contribution in [0.15, 0.2) is 18.2 Å². The number of hydrogen-bond acceptors (Lipinski definition) is 3. The zero-order valence-electron chi connectivity index (χ0n) is 7.45. The van der Waals surface area contributed by atoms with E-state index in [1.165, 1.54) is 0 Å². The molecule has 0 unspecified atom stereocenters. The summed E-state index contributed by atoms with van der Waals surface area (Å²) in [5.74, 6) is 0.138. The first-order valence-corrected chi connectivity index (χ1v) is 4.24. The van der Waals surface area contributed by atoms with E-state index < -0.39 is 5.91 Å². The van der Waals surface area contributed by atoms with Crippen molar-refractivity contribution in [2.24, 2.45) is 5.73 Å². The van der Waals surface area contributed by atoms with Crippen LogP contribution in [0.1, 0.15) is 15.9 Å². The van der Waals surface area contributed by atoms with E-state index in [9.17, 15) is 9.59 Å². The van der Waals surface area contributed by atoms with E-state index in [1.54, 1.807) is 18.2 Å². The highest BCUT2D eigenvalue weighted by atomic mass is 16.5. The van der Waals surface area contributed by atoms with Gasteiger partial charge in [0, 0.05) is 17.5 Å². The summed E-state index contributed by atoms with van der Waals surface area (Å²) in [7, 11) is 0. The molecular formula is C10H9NO3. The molecule has 1 aliphatic heterocycles. The minimum atomic E-state index is -0.492. The summed E-state index contributed by atoms with van der Waals surface area (Å²) in [5.41, 5.74) is 6.33. The normalized spacial score (nSPS) is 14.4. The molecular weight excluding hydrogens is 182 g/mol. The van der Waals surface area contributed by atoms with E-state index in [1.807, 2.05) is 0 Å². The largest absolute Gasteiger partial charge is 0.486 e. The number of nitrogens with two attached hydrogens (primary N) is 1. The molecule has 2 N–H and O–H groups in total. The molecule has 72 valence electrons. The molecule has 0 spiro atoms. The SMILES string of the molecule is NC(=O)c1ccc2c(c1)OCC(=O)C2. The van der Waals surface area contributed by atoms with Crippen LogP contribution >= 0.6 is 0 Å². The van der Waals surface area contributed by atoms with Crippen LogP contribution in [0.5, 0.6) is 5.75 Å². The number of Topliss-reactive ketones (excluding diaryl/α,β-unsaturated/α-hetero) is 1. The highest BCUT2D eigenvalue weighted by Gasteiger charge is 2.17. The molecule has 4 nitrogen and oxygen atoms in total. The molecule has 1 aromatic carbocycles. The molecule has 1 aliphatic rings. The Morgan fingerprint density at radius 2 is 2.21 bits per heavy atom. The van der Waals surface area contributed by atoms with Crippen molar-refractivity contribution in [3.63, 3.8) is 0 Å². The van der Waals surface area contributed by atoms with Crippen molar-refractivity contribution in [1.82, 2.24) is 0 Å². The van der Waals surface area contributed by atoms with Gasteiger partial charge >= 0.3 is 0 Å². The van der Waals surface area contributed by atoms with Gasteiger partial charge in [-0.3, -0.25) is 9.59 Å². The topological polar surface area (TPSA) is 69.4 Å². The summed E-state index contributed by atoms with van der Waals surface area (Å²) in [5, 5.41) is 0. The van der Waals surface area contributed by atoms with Crippen LogP contribution in [0.2, 0.25) is 0 Å². The number of hydrogen-bond donors (Lipinski definition) is 1. The second kappa shape index (κ2) is 3.14. The zero-order valence-corrected chi connectivity index (χ0v) is 7.45. The minimum absolute atomic E-state index is 0.0457. The molecule has 0 fully saturated rings. The van der Waals surface area contributed by atoms with E-state index >= 15 is 0 Å². The van der Waals surface area contributed by atoms with Crippen LogP contribution in [0.3, 0.4) is 0 Å². The summed E-state index contributed by atoms with van der Waals surface area (Å²) in [6.45, 7) is 0.0786. The highest BCUT2D eigenvalue weighted by Crippen LogP contribution is 2.24. The van der Waals surface area contributed by atoms with Gasteiger partial charge in [0.05, 0.1) is 0 Å². The summed E-state index contributed by atoms with van der Waals surface area (Å²) >= 11 is 0. The molecule has 2 rings (SSSR count). The first-order valence-electron chi connectivity index (χ1n) is 4.24. The number of ether oxygens (including phenoxy) is 1. The summed E-state index contributed by atoms with van der Waals surface area (Å²) in [4.78, 5) is 21.9. The van der Waals surface area contributed by atoms with Gasteiger partial charge in [0.15, 0.2) is 5.78 Å². The van der Waals surface area contributed by atoms with Crippen LogP contribution < -0.4 is 10.5 Å². The number of carbonyl (C=O) groups excluding carboxylic acids is 2. The summed E-state index contributed by atoms with van der Waals surface area (Å²) < 4.78 is 5.17. The van der Waals surface area contributed by atoms with Gasteiger partial charge < -0.3 is 10.5 Å². The zero-order chi connectivity index (χ0) is 10.1. The van der Waals surface area contributed by atoms with Crippen molar-refractivity contribution in [2.45, 2.75) is 6.42 Å². The fourth-order valence-electron chi connectivity index (χ4n) is 1.41. The Hall–Kier alpha value is -1.84. The molecule has 0 atom stereocenters. The number of ketones is 1. The lowest BCUT2D eigenvalue weighted by molar-refractivity contribution is -0.121. The van der Waals surface area contributed by atoms with E-state index in [-0.39, 0.29) is 12.4 Å². The minimum Gasteiger partial charge on any atom is -0.486 e. The Bertz CT molecular complexity index is 412. The Kier molecular flexibility index (Phi) is 1.96. The Balaban J connectivity index is 2.41. The lowest BCUT2D eigenvalue weighted by atomic mass is 10.0. The van der Waals surface area contributed by atoms with Gasteiger partial charge in [-0.25, -0.2) is 0 Å². The average Bonchev–Trinajstić information content (AvgIpc) is 2.16. The fraction of sp³-hybridized carbons (Fsp3) is 0.200. The Labute approximate surface area is 80.7 Å². The van der Waals surface area contributed by atoms with Crippen molar-refractivity contribution in [3.8, 4) is 5.75 Å². The molecule has 0 saturated carbocycles. The molecule has 0 radical (unpaired) electrons. The molecule has 4 heteroatoms. The number of fused-ring (bicyclic) bond motifs is 1. The number of benzene rings is 1. The second-order valence-corrected chi connectivity index (χ2v) is 3.19. The van der Waals surface area contributed by atoms with Crippen molar-refractivity contribution in [3.05, 3.63) is 29.3 Å². The standard InChI is InChI=1S/C10H9NO3/c11-10(13)7-2-1-6-3-8(12)5-14-9(6)4-7/h1-2,4H,3,5H2,(H2,11,13). The molecule has 0 aliphatic carbocycles. The predicted molar refractivity (Wildman–Crippen MR) is 49.2 cm³/mol. The predicted octanol–water partition coefficient (Wildman–Crippen LogP) is 0.290. The van der Waals surface area contributed by atoms with Crippen LogP contribution in [0, 0.1) is 0 Å². The molecule has 1 heterocycles. The van der Waals surface area contributed by atoms with Crippen molar-refractivity contribution < 1.29 is 14.3 Å². The van der Waals surface area contributed by atoms with Crippen LogP contribution in [-0.4, -0.2) is 18.3 Å². The number of rotatable bonds is 1. The van der Waals surface area contributed by atoms with E-state index in [0.717, 1.165) is 5.56 Å². The van der Waals surface area contributed by atoms with Crippen molar-refractivity contribution in [2.75, 3.05) is 6.61 Å². The fourth-order valence-corrected chi connectivity index (χ4v) is 1.41. The monoisotopic (exact) mass is 191 g/mol. The molecule has 0 aromatic heterocycles. The molecule has 0 bridgehead atoms. The van der Waals surface area contributed by atoms with Crippen molar-refractivity contribution >= 4 is 11.7 Å². The van der Waals surface area contributed by atoms with E-state index in [4.69, 9.17) is 10.5 Å². The van der Waals surface area contributed by atoms with Crippen LogP contribution in [-0.2, 0) is 11.2 Å². The maximum atomic E-state index is 11.0. The summed E-state index contributed by atoms with van der Waals surface area (Å²) in [6, 6.07) is 4.87. The maximum absolute atomic E-state index is 11.0. The third-order valence-corrected chi connectivity index (χ3v) is 2.13. The van der Waals surface area contributed by atoms with Crippen LogP contribution in [0.25, 0.3) is 0 Å². The third-order valence-electron chi connectivity index (χ3n) is 2.13. The lowest BCUT2D eigenvalue weighted by Crippen LogP contribution is -2.21. The van der Waals surface area contributed by atoms with Gasteiger partial charge in [-0.2, -0.15) is 0 Å².